The largest absolute Gasteiger partial charge is 0.310 e. The molecule has 0 aliphatic carbocycles. The zero-order chi connectivity index (χ0) is 88.8. The number of fused-ring (bicyclic) bond motifs is 12. The number of para-hydroxylation sites is 12. The van der Waals surface area contributed by atoms with Crippen molar-refractivity contribution in [1.29, 1.82) is 0 Å². The highest BCUT2D eigenvalue weighted by Crippen LogP contribution is 2.47. The van der Waals surface area contributed by atoms with E-state index in [4.69, 9.17) is 29.9 Å². The molecule has 0 aliphatic heterocycles. The molecule has 6 aromatic heterocycles. The molecule has 25 aromatic rings. The van der Waals surface area contributed by atoms with Crippen LogP contribution in [0.5, 0.6) is 0 Å². The van der Waals surface area contributed by atoms with Gasteiger partial charge in [0.2, 0.25) is 23.8 Å². The Hall–Kier alpha value is -18.4. The summed E-state index contributed by atoms with van der Waals surface area (Å²) in [4.78, 5) is 41.5. The Morgan fingerprint density at radius 1 is 0.127 bits per heavy atom. The smallest absolute Gasteiger partial charge is 0.240 e. The van der Waals surface area contributed by atoms with Crippen LogP contribution in [0, 0.1) is 0 Å². The third-order valence-electron chi connectivity index (χ3n) is 25.1. The van der Waals surface area contributed by atoms with Crippen molar-refractivity contribution in [1.82, 2.24) is 48.2 Å². The second kappa shape index (κ2) is 34.3. The molecule has 25 rings (SSSR count). The van der Waals surface area contributed by atoms with E-state index in [9.17, 15) is 0 Å². The Bertz CT molecular complexity index is 8010. The van der Waals surface area contributed by atoms with Crippen molar-refractivity contribution in [3.05, 3.63) is 497 Å². The molecule has 14 heteroatoms. The van der Waals surface area contributed by atoms with E-state index in [2.05, 4.69) is 511 Å². The third kappa shape index (κ3) is 14.5. The van der Waals surface area contributed by atoms with Gasteiger partial charge in [0.15, 0.2) is 11.6 Å². The molecule has 0 bridgehead atoms. The minimum atomic E-state index is 0.524. The number of nitrogens with zero attached hydrogens (tertiary/aromatic N) is 14. The lowest BCUT2D eigenvalue weighted by Gasteiger charge is -2.25. The molecule has 0 fully saturated rings. The monoisotopic (exact) mass is 1720 g/mol. The van der Waals surface area contributed by atoms with Gasteiger partial charge >= 0.3 is 0 Å². The van der Waals surface area contributed by atoms with Crippen LogP contribution in [-0.4, -0.2) is 48.2 Å². The molecule has 19 aromatic carbocycles. The Kier molecular flexibility index (Phi) is 20.2. The van der Waals surface area contributed by atoms with E-state index in [1.807, 2.05) is 24.3 Å². The fraction of sp³-hybridized carbons (Fsp3) is 0. The van der Waals surface area contributed by atoms with Gasteiger partial charge in [0.1, 0.15) is 0 Å². The first-order valence-corrected chi connectivity index (χ1v) is 45.0. The van der Waals surface area contributed by atoms with Gasteiger partial charge in [0.25, 0.3) is 0 Å². The molecule has 0 N–H and O–H groups in total. The van der Waals surface area contributed by atoms with E-state index in [-0.39, 0.29) is 0 Å². The van der Waals surface area contributed by atoms with Gasteiger partial charge < -0.3 is 19.6 Å². The van der Waals surface area contributed by atoms with Crippen LogP contribution in [0.15, 0.2) is 497 Å². The van der Waals surface area contributed by atoms with Crippen LogP contribution in [-0.2, 0) is 0 Å². The van der Waals surface area contributed by atoms with Crippen LogP contribution in [0.1, 0.15) is 0 Å². The van der Waals surface area contributed by atoms with E-state index >= 15 is 0 Å². The van der Waals surface area contributed by atoms with Crippen LogP contribution < -0.4 is 19.6 Å². The average Bonchev–Trinajstić information content (AvgIpc) is 1.58. The molecule has 0 radical (unpaired) electrons. The van der Waals surface area contributed by atoms with Gasteiger partial charge in [-0.1, -0.05) is 303 Å². The van der Waals surface area contributed by atoms with Crippen molar-refractivity contribution in [2.45, 2.75) is 0 Å². The highest BCUT2D eigenvalue weighted by Gasteiger charge is 2.28. The molecule has 0 aliphatic rings. The maximum atomic E-state index is 5.50. The second-order valence-electron chi connectivity index (χ2n) is 33.1. The van der Waals surface area contributed by atoms with Crippen molar-refractivity contribution < 1.29 is 0 Å². The third-order valence-corrected chi connectivity index (χ3v) is 25.1. The normalized spacial score (nSPS) is 11.4. The SMILES string of the molecule is c1ccc(-c2ccc(-c3nc(-n4c5ccccc5c5cc(N(c6ccccc6)c6ccccc6)ccc54)nc(-n4c5ccccc5c5cc(N(c6ccccc6)c6ccccc6)ccc54)n3)cc2)cc1.c1ccc(-c2nc(-n3c4ccccc4c4cc(N(c5ccccc5)c5ccccc5)ccc43)nc(-n3c4ccccc4c4cc(N(c5ccccc5)c5ccccc5)ccc43)n2)cc1. The number of aromatic nitrogens is 10. The summed E-state index contributed by atoms with van der Waals surface area (Å²) in [5, 5.41) is 8.78. The zero-order valence-corrected chi connectivity index (χ0v) is 72.6. The van der Waals surface area contributed by atoms with Crippen molar-refractivity contribution in [3.8, 4) is 57.7 Å². The standard InChI is InChI=1S/C63H43N7.C57H39N7/c1-6-20-44(21-7-1)45-34-36-46(37-35-45)61-64-62(69-57-32-18-16-30-53(57)55-42-51(38-40-59(55)69)67(47-22-8-2-9-23-47)48-24-10-3-11-25-48)66-63(65-61)70-58-33-19-17-31-54(58)56-43-52(39-41-60(56)70)68(49-26-12-4-13-27-49)50-28-14-5-15-29-50;1-6-20-40(21-7-1)55-58-56(63-51-32-18-16-30-47(51)49-38-45(34-36-53(49)63)61(41-22-8-2-9-23-41)42-24-10-3-11-25-42)60-57(59-55)64-52-33-19-17-31-48(52)50-39-46(35-37-54(50)64)62(43-26-12-4-13-27-43)44-28-14-5-15-29-44/h1-43H;1-39H. The zero-order valence-electron chi connectivity index (χ0n) is 72.6. The van der Waals surface area contributed by atoms with Crippen LogP contribution >= 0.6 is 0 Å². The van der Waals surface area contributed by atoms with E-state index in [1.54, 1.807) is 0 Å². The highest BCUT2D eigenvalue weighted by molar-refractivity contribution is 6.14. The number of anilines is 12. The molecule has 0 spiro atoms. The molecule has 0 amide bonds. The molecule has 14 nitrogen and oxygen atoms in total. The van der Waals surface area contributed by atoms with Gasteiger partial charge in [0, 0.05) is 122 Å². The van der Waals surface area contributed by atoms with Crippen molar-refractivity contribution >= 4 is 155 Å². The Morgan fingerprint density at radius 2 is 0.299 bits per heavy atom. The fourth-order valence-electron chi connectivity index (χ4n) is 19.1. The molecule has 6 heterocycles. The van der Waals surface area contributed by atoms with Gasteiger partial charge in [0.05, 0.1) is 44.1 Å². The first kappa shape index (κ1) is 79.0. The summed E-state index contributed by atoms with van der Waals surface area (Å²) >= 11 is 0. The molecule has 0 unspecified atom stereocenters. The number of hydrogen-bond donors (Lipinski definition) is 0. The summed E-state index contributed by atoms with van der Waals surface area (Å²) in [6, 6.07) is 174. The van der Waals surface area contributed by atoms with E-state index < -0.39 is 0 Å². The number of benzene rings is 19. The number of rotatable bonds is 19. The van der Waals surface area contributed by atoms with Crippen molar-refractivity contribution in [2.75, 3.05) is 19.6 Å². The van der Waals surface area contributed by atoms with E-state index in [0.717, 1.165) is 178 Å². The minimum Gasteiger partial charge on any atom is -0.310 e. The molecular weight excluding hydrogens is 1640 g/mol. The quantitative estimate of drug-likeness (QED) is 0.0776. The predicted molar refractivity (Wildman–Crippen MR) is 552 cm³/mol. The lowest BCUT2D eigenvalue weighted by atomic mass is 10.0. The first-order chi connectivity index (χ1) is 66.5. The maximum absolute atomic E-state index is 5.50. The van der Waals surface area contributed by atoms with E-state index in [1.165, 1.54) is 0 Å². The van der Waals surface area contributed by atoms with Gasteiger partial charge in [-0.3, -0.25) is 18.3 Å². The van der Waals surface area contributed by atoms with Crippen LogP contribution in [0.4, 0.5) is 68.2 Å². The molecular formula is C120H82N14. The molecule has 632 valence electrons. The summed E-state index contributed by atoms with van der Waals surface area (Å²) in [6.45, 7) is 0. The van der Waals surface area contributed by atoms with Crippen LogP contribution in [0.2, 0.25) is 0 Å². The van der Waals surface area contributed by atoms with Crippen LogP contribution in [0.25, 0.3) is 145 Å². The summed E-state index contributed by atoms with van der Waals surface area (Å²) in [5.41, 5.74) is 24.9. The molecule has 134 heavy (non-hydrogen) atoms. The topological polar surface area (TPSA) is 110 Å². The average molecular weight is 1720 g/mol. The van der Waals surface area contributed by atoms with E-state index in [0.29, 0.717) is 35.4 Å². The Labute approximate surface area is 773 Å². The summed E-state index contributed by atoms with van der Waals surface area (Å²) in [5.74, 6) is 3.28. The summed E-state index contributed by atoms with van der Waals surface area (Å²) < 4.78 is 8.76. The molecule has 0 atom stereocenters. The lowest BCUT2D eigenvalue weighted by molar-refractivity contribution is 0.892. The Morgan fingerprint density at radius 3 is 0.530 bits per heavy atom. The van der Waals surface area contributed by atoms with Crippen molar-refractivity contribution in [2.24, 2.45) is 0 Å². The summed E-state index contributed by atoms with van der Waals surface area (Å²) in [6.07, 6.45) is 0. The first-order valence-electron chi connectivity index (χ1n) is 45.0. The van der Waals surface area contributed by atoms with Gasteiger partial charge in [-0.15, -0.1) is 0 Å². The fourth-order valence-corrected chi connectivity index (χ4v) is 19.1. The Balaban J connectivity index is 0.000000148. The van der Waals surface area contributed by atoms with Crippen LogP contribution in [0.3, 0.4) is 0 Å². The predicted octanol–water partition coefficient (Wildman–Crippen LogP) is 31.0. The second-order valence-corrected chi connectivity index (χ2v) is 33.1. The van der Waals surface area contributed by atoms with Gasteiger partial charge in [-0.25, -0.2) is 0 Å². The van der Waals surface area contributed by atoms with Gasteiger partial charge in [-0.05, 0) is 205 Å². The van der Waals surface area contributed by atoms with Gasteiger partial charge in [-0.2, -0.15) is 29.9 Å². The summed E-state index contributed by atoms with van der Waals surface area (Å²) in [7, 11) is 0. The lowest BCUT2D eigenvalue weighted by Crippen LogP contribution is -2.11. The van der Waals surface area contributed by atoms with Crippen molar-refractivity contribution in [3.63, 3.8) is 0 Å². The maximum Gasteiger partial charge on any atom is 0.240 e. The molecule has 0 saturated heterocycles. The molecule has 0 saturated carbocycles. The highest BCUT2D eigenvalue weighted by atomic mass is 15.3. The number of hydrogen-bond acceptors (Lipinski definition) is 10. The minimum absolute atomic E-state index is 0.524.